The Balaban J connectivity index is 2.67. The topological polar surface area (TPSA) is 20.2 Å². The van der Waals surface area contributed by atoms with Crippen LogP contribution in [0.15, 0.2) is 24.3 Å². The standard InChI is InChI=1S/C13H17F3O/c1-9(2)3-8-12(17)10-4-6-11(7-5-10)13(14,15)16/h4-7,9,12,17H,3,8H2,1-2H3/t12-/m0/s1. The smallest absolute Gasteiger partial charge is 0.388 e. The van der Waals surface area contributed by atoms with E-state index in [-0.39, 0.29) is 0 Å². The normalized spacial score (nSPS) is 14.1. The molecule has 4 heteroatoms. The van der Waals surface area contributed by atoms with Crippen molar-refractivity contribution in [3.05, 3.63) is 35.4 Å². The average molecular weight is 246 g/mol. The molecule has 0 aliphatic heterocycles. The van der Waals surface area contributed by atoms with Crippen LogP contribution in [0.5, 0.6) is 0 Å². The minimum Gasteiger partial charge on any atom is -0.388 e. The summed E-state index contributed by atoms with van der Waals surface area (Å²) in [4.78, 5) is 0. The maximum Gasteiger partial charge on any atom is 0.416 e. The van der Waals surface area contributed by atoms with Crippen molar-refractivity contribution in [2.75, 3.05) is 0 Å². The van der Waals surface area contributed by atoms with Gasteiger partial charge < -0.3 is 5.11 Å². The molecule has 0 amide bonds. The van der Waals surface area contributed by atoms with Crippen LogP contribution < -0.4 is 0 Å². The monoisotopic (exact) mass is 246 g/mol. The Kier molecular flexibility index (Phi) is 4.57. The van der Waals surface area contributed by atoms with Crippen LogP contribution in [-0.4, -0.2) is 5.11 Å². The Morgan fingerprint density at radius 2 is 1.59 bits per heavy atom. The van der Waals surface area contributed by atoms with E-state index in [9.17, 15) is 18.3 Å². The predicted molar refractivity (Wildman–Crippen MR) is 60.5 cm³/mol. The average Bonchev–Trinajstić information content (AvgIpc) is 2.25. The minimum absolute atomic E-state index is 0.471. The van der Waals surface area contributed by atoms with E-state index in [2.05, 4.69) is 0 Å². The second-order valence-corrected chi connectivity index (χ2v) is 4.61. The van der Waals surface area contributed by atoms with Gasteiger partial charge in [0.15, 0.2) is 0 Å². The number of hydrogen-bond acceptors (Lipinski definition) is 1. The van der Waals surface area contributed by atoms with Gasteiger partial charge in [-0.3, -0.25) is 0 Å². The molecule has 0 saturated heterocycles. The van der Waals surface area contributed by atoms with Crippen molar-refractivity contribution in [1.82, 2.24) is 0 Å². The molecule has 0 saturated carbocycles. The van der Waals surface area contributed by atoms with E-state index in [4.69, 9.17) is 0 Å². The second-order valence-electron chi connectivity index (χ2n) is 4.61. The van der Waals surface area contributed by atoms with E-state index in [0.717, 1.165) is 18.6 Å². The molecule has 0 aliphatic rings. The summed E-state index contributed by atoms with van der Waals surface area (Å²) in [6.07, 6.45) is -3.58. The second kappa shape index (κ2) is 5.54. The van der Waals surface area contributed by atoms with E-state index in [0.29, 0.717) is 17.9 Å². The van der Waals surface area contributed by atoms with Gasteiger partial charge in [-0.15, -0.1) is 0 Å². The lowest BCUT2D eigenvalue weighted by atomic mass is 9.99. The molecule has 1 aromatic rings. The lowest BCUT2D eigenvalue weighted by Crippen LogP contribution is -2.06. The first-order valence-electron chi connectivity index (χ1n) is 5.66. The largest absolute Gasteiger partial charge is 0.416 e. The van der Waals surface area contributed by atoms with Gasteiger partial charge in [-0.25, -0.2) is 0 Å². The third-order valence-electron chi connectivity index (χ3n) is 2.64. The molecule has 1 atom stereocenters. The van der Waals surface area contributed by atoms with Crippen molar-refractivity contribution in [2.45, 2.75) is 39.0 Å². The lowest BCUT2D eigenvalue weighted by molar-refractivity contribution is -0.137. The van der Waals surface area contributed by atoms with E-state index in [1.54, 1.807) is 0 Å². The maximum atomic E-state index is 12.3. The van der Waals surface area contributed by atoms with Crippen LogP contribution in [-0.2, 0) is 6.18 Å². The van der Waals surface area contributed by atoms with Crippen LogP contribution >= 0.6 is 0 Å². The Morgan fingerprint density at radius 3 is 2.00 bits per heavy atom. The molecule has 1 rings (SSSR count). The van der Waals surface area contributed by atoms with Gasteiger partial charge in [0.05, 0.1) is 11.7 Å². The fourth-order valence-electron chi connectivity index (χ4n) is 1.55. The molecule has 0 heterocycles. The predicted octanol–water partition coefficient (Wildman–Crippen LogP) is 4.18. The molecule has 17 heavy (non-hydrogen) atoms. The van der Waals surface area contributed by atoms with Gasteiger partial charge in [0.25, 0.3) is 0 Å². The maximum absolute atomic E-state index is 12.3. The van der Waals surface area contributed by atoms with E-state index in [1.807, 2.05) is 13.8 Å². The molecule has 0 bridgehead atoms. The summed E-state index contributed by atoms with van der Waals surface area (Å²) in [6.45, 7) is 4.08. The molecule has 96 valence electrons. The Labute approximate surface area is 99.3 Å². The summed E-state index contributed by atoms with van der Waals surface area (Å²) in [5.74, 6) is 0.471. The van der Waals surface area contributed by atoms with Crippen molar-refractivity contribution in [2.24, 2.45) is 5.92 Å². The van der Waals surface area contributed by atoms with Crippen LogP contribution in [0.1, 0.15) is 43.9 Å². The molecule has 1 nitrogen and oxygen atoms in total. The first kappa shape index (κ1) is 14.0. The van der Waals surface area contributed by atoms with Gasteiger partial charge in [0.2, 0.25) is 0 Å². The highest BCUT2D eigenvalue weighted by Crippen LogP contribution is 2.30. The summed E-state index contributed by atoms with van der Waals surface area (Å²) >= 11 is 0. The van der Waals surface area contributed by atoms with E-state index in [1.165, 1.54) is 12.1 Å². The highest BCUT2D eigenvalue weighted by molar-refractivity contribution is 5.25. The summed E-state index contributed by atoms with van der Waals surface area (Å²) in [6, 6.07) is 4.70. The third kappa shape index (κ3) is 4.38. The molecule has 0 aliphatic carbocycles. The summed E-state index contributed by atoms with van der Waals surface area (Å²) < 4.78 is 36.9. The zero-order valence-corrected chi connectivity index (χ0v) is 9.96. The van der Waals surface area contributed by atoms with Gasteiger partial charge >= 0.3 is 6.18 Å². The summed E-state index contributed by atoms with van der Waals surface area (Å²) in [5, 5.41) is 9.78. The van der Waals surface area contributed by atoms with Gasteiger partial charge in [-0.2, -0.15) is 13.2 Å². The van der Waals surface area contributed by atoms with Gasteiger partial charge in [0.1, 0.15) is 0 Å². The first-order valence-corrected chi connectivity index (χ1v) is 5.66. The Bertz CT molecular complexity index is 341. The fraction of sp³-hybridized carbons (Fsp3) is 0.538. The number of rotatable bonds is 4. The number of halogens is 3. The van der Waals surface area contributed by atoms with Gasteiger partial charge in [-0.05, 0) is 36.5 Å². The van der Waals surface area contributed by atoms with E-state index >= 15 is 0 Å². The number of aliphatic hydroxyl groups is 1. The van der Waals surface area contributed by atoms with Gasteiger partial charge in [-0.1, -0.05) is 26.0 Å². The van der Waals surface area contributed by atoms with Crippen molar-refractivity contribution in [1.29, 1.82) is 0 Å². The SMILES string of the molecule is CC(C)CC[C@H](O)c1ccc(C(F)(F)F)cc1. The van der Waals surface area contributed by atoms with Crippen LogP contribution in [0.4, 0.5) is 13.2 Å². The van der Waals surface area contributed by atoms with Crippen LogP contribution in [0, 0.1) is 5.92 Å². The van der Waals surface area contributed by atoms with E-state index < -0.39 is 17.8 Å². The number of hydrogen-bond donors (Lipinski definition) is 1. The van der Waals surface area contributed by atoms with Crippen molar-refractivity contribution >= 4 is 0 Å². The molecule has 0 spiro atoms. The molecule has 0 radical (unpaired) electrons. The Hall–Kier alpha value is -1.03. The molecule has 1 N–H and O–H groups in total. The van der Waals surface area contributed by atoms with Crippen molar-refractivity contribution in [3.63, 3.8) is 0 Å². The van der Waals surface area contributed by atoms with Crippen molar-refractivity contribution in [3.8, 4) is 0 Å². The zero-order valence-electron chi connectivity index (χ0n) is 9.96. The summed E-state index contributed by atoms with van der Waals surface area (Å²) in [5.41, 5.74) is -0.143. The van der Waals surface area contributed by atoms with Crippen LogP contribution in [0.25, 0.3) is 0 Å². The third-order valence-corrected chi connectivity index (χ3v) is 2.64. The lowest BCUT2D eigenvalue weighted by Gasteiger charge is -2.13. The van der Waals surface area contributed by atoms with Gasteiger partial charge in [0, 0.05) is 0 Å². The zero-order chi connectivity index (χ0) is 13.1. The number of benzene rings is 1. The Morgan fingerprint density at radius 1 is 1.06 bits per heavy atom. The van der Waals surface area contributed by atoms with Crippen LogP contribution in [0.3, 0.4) is 0 Å². The quantitative estimate of drug-likeness (QED) is 0.845. The highest BCUT2D eigenvalue weighted by Gasteiger charge is 2.30. The first-order chi connectivity index (χ1) is 7.80. The van der Waals surface area contributed by atoms with Crippen molar-refractivity contribution < 1.29 is 18.3 Å². The molecule has 1 aromatic carbocycles. The summed E-state index contributed by atoms with van der Waals surface area (Å²) in [7, 11) is 0. The number of aliphatic hydroxyl groups excluding tert-OH is 1. The molecule has 0 aromatic heterocycles. The highest BCUT2D eigenvalue weighted by atomic mass is 19.4. The molecular weight excluding hydrogens is 229 g/mol. The molecule has 0 unspecified atom stereocenters. The number of alkyl halides is 3. The molecule has 0 fully saturated rings. The van der Waals surface area contributed by atoms with Crippen LogP contribution in [0.2, 0.25) is 0 Å². The minimum atomic E-state index is -4.32. The molecular formula is C13H17F3O. The fourth-order valence-corrected chi connectivity index (χ4v) is 1.55.